The van der Waals surface area contributed by atoms with Gasteiger partial charge in [0.15, 0.2) is 0 Å². The second-order valence-electron chi connectivity index (χ2n) is 9.27. The van der Waals surface area contributed by atoms with E-state index in [1.165, 1.54) is 70.6 Å². The van der Waals surface area contributed by atoms with E-state index in [1.54, 1.807) is 0 Å². The molecule has 5 heteroatoms. The number of esters is 2. The first-order valence-corrected chi connectivity index (χ1v) is 13.6. The number of hydrogen-bond donors (Lipinski definition) is 0. The SMILES string of the molecule is CCCCCCCCCCCCCCCOC(=O)C1CCCCC1C(=O)OCCOCC. The predicted octanol–water partition coefficient (Wildman–Crippen LogP) is 7.01. The van der Waals surface area contributed by atoms with Crippen molar-refractivity contribution < 1.29 is 23.8 Å². The zero-order chi connectivity index (χ0) is 23.3. The number of unbranched alkanes of at least 4 members (excludes halogenated alkanes) is 12. The highest BCUT2D eigenvalue weighted by Crippen LogP contribution is 2.32. The van der Waals surface area contributed by atoms with E-state index < -0.39 is 0 Å². The van der Waals surface area contributed by atoms with Crippen LogP contribution in [-0.4, -0.2) is 38.4 Å². The molecule has 2 unspecified atom stereocenters. The number of ether oxygens (including phenoxy) is 3. The number of rotatable bonds is 20. The molecule has 0 aliphatic heterocycles. The zero-order valence-corrected chi connectivity index (χ0v) is 21.0. The highest BCUT2D eigenvalue weighted by Gasteiger charge is 2.37. The predicted molar refractivity (Wildman–Crippen MR) is 130 cm³/mol. The summed E-state index contributed by atoms with van der Waals surface area (Å²) in [7, 11) is 0. The minimum Gasteiger partial charge on any atom is -0.465 e. The normalized spacial score (nSPS) is 18.4. The summed E-state index contributed by atoms with van der Waals surface area (Å²) in [6.45, 7) is 5.91. The van der Waals surface area contributed by atoms with Gasteiger partial charge in [0.25, 0.3) is 0 Å². The molecule has 1 aliphatic rings. The van der Waals surface area contributed by atoms with Crippen LogP contribution in [0.3, 0.4) is 0 Å². The van der Waals surface area contributed by atoms with Gasteiger partial charge in [-0.25, -0.2) is 0 Å². The van der Waals surface area contributed by atoms with E-state index >= 15 is 0 Å². The van der Waals surface area contributed by atoms with E-state index in [4.69, 9.17) is 14.2 Å². The van der Waals surface area contributed by atoms with Gasteiger partial charge in [-0.05, 0) is 26.2 Å². The third-order valence-corrected chi connectivity index (χ3v) is 6.54. The highest BCUT2D eigenvalue weighted by molar-refractivity contribution is 5.82. The highest BCUT2D eigenvalue weighted by atomic mass is 16.6. The van der Waals surface area contributed by atoms with Crippen molar-refractivity contribution in [3.63, 3.8) is 0 Å². The first-order chi connectivity index (χ1) is 15.7. The topological polar surface area (TPSA) is 61.8 Å². The molecule has 0 N–H and O–H groups in total. The van der Waals surface area contributed by atoms with Gasteiger partial charge in [-0.15, -0.1) is 0 Å². The van der Waals surface area contributed by atoms with Crippen LogP contribution in [0.25, 0.3) is 0 Å². The Balaban J connectivity index is 2.04. The van der Waals surface area contributed by atoms with Crippen LogP contribution < -0.4 is 0 Å². The molecule has 2 atom stereocenters. The van der Waals surface area contributed by atoms with Crippen molar-refractivity contribution in [2.24, 2.45) is 11.8 Å². The molecule has 0 aromatic rings. The standard InChI is InChI=1S/C27H50O5/c1-3-5-6-7-8-9-10-11-12-13-14-15-18-21-31-26(28)24-19-16-17-20-25(24)27(29)32-23-22-30-4-2/h24-25H,3-23H2,1-2H3. The van der Waals surface area contributed by atoms with Crippen molar-refractivity contribution in [1.82, 2.24) is 0 Å². The summed E-state index contributed by atoms with van der Waals surface area (Å²) in [6, 6.07) is 0. The molecule has 1 rings (SSSR count). The average molecular weight is 455 g/mol. The lowest BCUT2D eigenvalue weighted by Gasteiger charge is -2.28. The summed E-state index contributed by atoms with van der Waals surface area (Å²) in [6.07, 6.45) is 20.3. The van der Waals surface area contributed by atoms with E-state index in [9.17, 15) is 9.59 Å². The minimum atomic E-state index is -0.357. The first kappa shape index (κ1) is 28.9. The van der Waals surface area contributed by atoms with E-state index in [0.29, 0.717) is 26.2 Å². The summed E-state index contributed by atoms with van der Waals surface area (Å²) in [5.41, 5.74) is 0. The quantitative estimate of drug-likeness (QED) is 0.146. The zero-order valence-electron chi connectivity index (χ0n) is 21.0. The Kier molecular flexibility index (Phi) is 18.5. The Labute approximate surface area is 197 Å². The number of carbonyl (C=O) groups is 2. The van der Waals surface area contributed by atoms with Gasteiger partial charge in [0.2, 0.25) is 0 Å². The van der Waals surface area contributed by atoms with Crippen LogP contribution in [0.1, 0.15) is 123 Å². The van der Waals surface area contributed by atoms with Crippen LogP contribution >= 0.6 is 0 Å². The Morgan fingerprint density at radius 2 is 1.03 bits per heavy atom. The van der Waals surface area contributed by atoms with Gasteiger partial charge in [-0.3, -0.25) is 9.59 Å². The molecule has 0 heterocycles. The van der Waals surface area contributed by atoms with Gasteiger partial charge >= 0.3 is 11.9 Å². The third kappa shape index (κ3) is 14.1. The molecule has 1 fully saturated rings. The van der Waals surface area contributed by atoms with Gasteiger partial charge in [0.05, 0.1) is 25.0 Å². The first-order valence-electron chi connectivity index (χ1n) is 13.6. The maximum atomic E-state index is 12.6. The average Bonchev–Trinajstić information content (AvgIpc) is 2.81. The summed E-state index contributed by atoms with van der Waals surface area (Å²) in [5.74, 6) is -1.18. The minimum absolute atomic E-state index is 0.213. The molecular weight excluding hydrogens is 404 g/mol. The lowest BCUT2D eigenvalue weighted by Crippen LogP contribution is -2.35. The Hall–Kier alpha value is -1.10. The van der Waals surface area contributed by atoms with Crippen LogP contribution in [-0.2, 0) is 23.8 Å². The van der Waals surface area contributed by atoms with Crippen LogP contribution in [0, 0.1) is 11.8 Å². The van der Waals surface area contributed by atoms with Crippen molar-refractivity contribution in [3.05, 3.63) is 0 Å². The van der Waals surface area contributed by atoms with Gasteiger partial charge in [0.1, 0.15) is 6.61 Å². The number of hydrogen-bond acceptors (Lipinski definition) is 5. The van der Waals surface area contributed by atoms with Crippen molar-refractivity contribution >= 4 is 11.9 Å². The fourth-order valence-electron chi connectivity index (χ4n) is 4.55. The van der Waals surface area contributed by atoms with Crippen molar-refractivity contribution in [3.8, 4) is 0 Å². The fourth-order valence-corrected chi connectivity index (χ4v) is 4.55. The Morgan fingerprint density at radius 3 is 1.50 bits per heavy atom. The smallest absolute Gasteiger partial charge is 0.309 e. The van der Waals surface area contributed by atoms with E-state index in [1.807, 2.05) is 6.92 Å². The summed E-state index contributed by atoms with van der Waals surface area (Å²) in [5, 5.41) is 0. The van der Waals surface area contributed by atoms with E-state index in [2.05, 4.69) is 6.92 Å². The molecular formula is C27H50O5. The van der Waals surface area contributed by atoms with Gasteiger partial charge in [0, 0.05) is 6.61 Å². The second kappa shape index (κ2) is 20.5. The molecule has 0 spiro atoms. The Morgan fingerprint density at radius 1 is 0.594 bits per heavy atom. The second-order valence-corrected chi connectivity index (χ2v) is 9.27. The molecule has 1 saturated carbocycles. The summed E-state index contributed by atoms with van der Waals surface area (Å²) >= 11 is 0. The molecule has 0 saturated heterocycles. The molecule has 0 bridgehead atoms. The molecule has 32 heavy (non-hydrogen) atoms. The molecule has 0 aromatic carbocycles. The monoisotopic (exact) mass is 454 g/mol. The maximum absolute atomic E-state index is 12.6. The van der Waals surface area contributed by atoms with Gasteiger partial charge < -0.3 is 14.2 Å². The molecule has 1 aliphatic carbocycles. The van der Waals surface area contributed by atoms with Gasteiger partial charge in [-0.2, -0.15) is 0 Å². The fraction of sp³-hybridized carbons (Fsp3) is 0.926. The van der Waals surface area contributed by atoms with Crippen LogP contribution in [0.15, 0.2) is 0 Å². The Bertz CT molecular complexity index is 465. The van der Waals surface area contributed by atoms with Crippen molar-refractivity contribution in [2.45, 2.75) is 123 Å². The largest absolute Gasteiger partial charge is 0.465 e. The van der Waals surface area contributed by atoms with Crippen molar-refractivity contribution in [1.29, 1.82) is 0 Å². The summed E-state index contributed by atoms with van der Waals surface area (Å²) in [4.78, 5) is 24.9. The maximum Gasteiger partial charge on any atom is 0.309 e. The van der Waals surface area contributed by atoms with Crippen LogP contribution in [0.2, 0.25) is 0 Å². The lowest BCUT2D eigenvalue weighted by atomic mass is 9.79. The molecule has 5 nitrogen and oxygen atoms in total. The molecule has 0 radical (unpaired) electrons. The van der Waals surface area contributed by atoms with Crippen LogP contribution in [0.5, 0.6) is 0 Å². The van der Waals surface area contributed by atoms with E-state index in [-0.39, 0.29) is 30.4 Å². The molecule has 0 amide bonds. The van der Waals surface area contributed by atoms with E-state index in [0.717, 1.165) is 32.1 Å². The van der Waals surface area contributed by atoms with Crippen LogP contribution in [0.4, 0.5) is 0 Å². The van der Waals surface area contributed by atoms with Crippen molar-refractivity contribution in [2.75, 3.05) is 26.4 Å². The molecule has 188 valence electrons. The summed E-state index contributed by atoms with van der Waals surface area (Å²) < 4.78 is 16.1. The third-order valence-electron chi connectivity index (χ3n) is 6.54. The van der Waals surface area contributed by atoms with Gasteiger partial charge in [-0.1, -0.05) is 96.8 Å². The molecule has 0 aromatic heterocycles. The number of carbonyl (C=O) groups excluding carboxylic acids is 2. The lowest BCUT2D eigenvalue weighted by molar-refractivity contribution is -0.163.